The third-order valence-corrected chi connectivity index (χ3v) is 6.86. The molecule has 0 aliphatic heterocycles. The molecule has 0 fully saturated rings. The van der Waals surface area contributed by atoms with E-state index in [1.54, 1.807) is 36.3 Å². The number of carbonyl (C=O) groups excluding carboxylic acids is 1. The van der Waals surface area contributed by atoms with Gasteiger partial charge in [0.15, 0.2) is 5.01 Å². The number of para-hydroxylation sites is 1. The molecule has 0 spiro atoms. The monoisotopic (exact) mass is 516 g/mol. The molecule has 0 radical (unpaired) electrons. The molecule has 2 aromatic heterocycles. The summed E-state index contributed by atoms with van der Waals surface area (Å²) in [6, 6.07) is 19.0. The van der Waals surface area contributed by atoms with Crippen LogP contribution in [0.1, 0.15) is 33.3 Å². The number of carbonyl (C=O) groups is 1. The van der Waals surface area contributed by atoms with Gasteiger partial charge in [0.1, 0.15) is 23.4 Å². The van der Waals surface area contributed by atoms with E-state index in [1.165, 1.54) is 23.5 Å². The topological polar surface area (TPSA) is 78.3 Å². The van der Waals surface area contributed by atoms with Crippen LogP contribution >= 0.6 is 11.3 Å². The Morgan fingerprint density at radius 1 is 1.08 bits per heavy atom. The number of benzene rings is 3. The van der Waals surface area contributed by atoms with Gasteiger partial charge in [0.05, 0.1) is 30.6 Å². The Bertz CT molecular complexity index is 1550. The summed E-state index contributed by atoms with van der Waals surface area (Å²) < 4.78 is 27.2. The molecule has 9 heteroatoms. The van der Waals surface area contributed by atoms with Crippen LogP contribution in [-0.4, -0.2) is 33.8 Å². The number of thiazole rings is 1. The molecule has 37 heavy (non-hydrogen) atoms. The summed E-state index contributed by atoms with van der Waals surface area (Å²) in [4.78, 5) is 18.0. The molecule has 1 amide bonds. The minimum atomic E-state index is -0.550. The summed E-state index contributed by atoms with van der Waals surface area (Å²) >= 11 is 1.34. The van der Waals surface area contributed by atoms with Crippen LogP contribution in [0.5, 0.6) is 11.5 Å². The normalized spacial score (nSPS) is 12.8. The summed E-state index contributed by atoms with van der Waals surface area (Å²) in [7, 11) is 1.60. The minimum absolute atomic E-state index is 0.259. The number of amides is 1. The minimum Gasteiger partial charge on any atom is -0.496 e. The lowest BCUT2D eigenvalue weighted by Crippen LogP contribution is -2.39. The maximum absolute atomic E-state index is 13.4. The first-order valence-corrected chi connectivity index (χ1v) is 12.5. The molecule has 7 nitrogen and oxygen atoms in total. The van der Waals surface area contributed by atoms with E-state index < -0.39 is 12.1 Å². The lowest BCUT2D eigenvalue weighted by molar-refractivity contribution is 0.0879. The molecule has 0 aliphatic carbocycles. The fourth-order valence-corrected chi connectivity index (χ4v) is 4.83. The number of nitrogens with one attached hydrogen (secondary N) is 1. The Hall–Kier alpha value is -4.24. The summed E-state index contributed by atoms with van der Waals surface area (Å²) in [5, 5.41) is 8.75. The molecule has 5 aromatic rings. The second kappa shape index (κ2) is 10.4. The van der Waals surface area contributed by atoms with Gasteiger partial charge in [-0.05, 0) is 62.4 Å². The van der Waals surface area contributed by atoms with Gasteiger partial charge in [0, 0.05) is 22.0 Å². The van der Waals surface area contributed by atoms with E-state index in [9.17, 15) is 9.18 Å². The predicted octanol–water partition coefficient (Wildman–Crippen LogP) is 5.88. The van der Waals surface area contributed by atoms with Gasteiger partial charge in [0.2, 0.25) is 0 Å². The van der Waals surface area contributed by atoms with Crippen molar-refractivity contribution in [2.75, 3.05) is 7.11 Å². The van der Waals surface area contributed by atoms with Crippen LogP contribution in [0.3, 0.4) is 0 Å². The molecular weight excluding hydrogens is 491 g/mol. The Morgan fingerprint density at radius 3 is 2.59 bits per heavy atom. The molecule has 2 atom stereocenters. The van der Waals surface area contributed by atoms with Crippen LogP contribution in [-0.2, 0) is 0 Å². The largest absolute Gasteiger partial charge is 0.496 e. The van der Waals surface area contributed by atoms with E-state index in [0.717, 1.165) is 27.0 Å². The highest BCUT2D eigenvalue weighted by Crippen LogP contribution is 2.33. The standard InChI is InChI=1S/C28H25FN4O3S/c1-17-15-30-28(37-17)27(34)32-18(2)26(23-6-4-5-7-25(23)35-3)36-22-12-13-24-19(14-22)16-31-33(24)21-10-8-20(29)9-11-21/h4-16,18,26H,1-3H3,(H,32,34)/t18-,26-/m0/s1. The Balaban J connectivity index is 1.45. The van der Waals surface area contributed by atoms with Gasteiger partial charge in [-0.3, -0.25) is 4.79 Å². The van der Waals surface area contributed by atoms with Crippen molar-refractivity contribution in [1.29, 1.82) is 0 Å². The maximum Gasteiger partial charge on any atom is 0.280 e. The van der Waals surface area contributed by atoms with Crippen LogP contribution in [0, 0.1) is 12.7 Å². The number of hydrogen-bond acceptors (Lipinski definition) is 6. The van der Waals surface area contributed by atoms with Crippen molar-refractivity contribution < 1.29 is 18.7 Å². The van der Waals surface area contributed by atoms with E-state index in [2.05, 4.69) is 15.4 Å². The molecule has 1 N–H and O–H groups in total. The number of methoxy groups -OCH3 is 1. The molecule has 0 saturated carbocycles. The number of aromatic nitrogens is 3. The van der Waals surface area contributed by atoms with E-state index in [4.69, 9.17) is 9.47 Å². The number of rotatable bonds is 8. The third kappa shape index (κ3) is 5.17. The van der Waals surface area contributed by atoms with E-state index in [0.29, 0.717) is 16.5 Å². The second-order valence-corrected chi connectivity index (χ2v) is 9.81. The quantitative estimate of drug-likeness (QED) is 0.279. The number of fused-ring (bicyclic) bond motifs is 1. The van der Waals surface area contributed by atoms with Crippen LogP contribution < -0.4 is 14.8 Å². The average molecular weight is 517 g/mol. The molecule has 0 aliphatic rings. The zero-order valence-corrected chi connectivity index (χ0v) is 21.3. The molecule has 0 bridgehead atoms. The van der Waals surface area contributed by atoms with Gasteiger partial charge in [0.25, 0.3) is 5.91 Å². The number of aryl methyl sites for hydroxylation is 1. The van der Waals surface area contributed by atoms with E-state index in [1.807, 2.05) is 56.3 Å². The third-order valence-electron chi connectivity index (χ3n) is 5.95. The van der Waals surface area contributed by atoms with E-state index in [-0.39, 0.29) is 11.7 Å². The Morgan fingerprint density at radius 2 is 1.86 bits per heavy atom. The first-order chi connectivity index (χ1) is 17.9. The number of nitrogens with zero attached hydrogens (tertiary/aromatic N) is 3. The first kappa shape index (κ1) is 24.5. The van der Waals surface area contributed by atoms with Gasteiger partial charge in [-0.25, -0.2) is 14.1 Å². The number of halogens is 1. The number of hydrogen-bond donors (Lipinski definition) is 1. The fraction of sp³-hybridized carbons (Fsp3) is 0.179. The summed E-state index contributed by atoms with van der Waals surface area (Å²) in [5.41, 5.74) is 2.41. The molecule has 0 unspecified atom stereocenters. The van der Waals surface area contributed by atoms with Gasteiger partial charge in [-0.15, -0.1) is 11.3 Å². The van der Waals surface area contributed by atoms with E-state index >= 15 is 0 Å². The maximum atomic E-state index is 13.4. The highest BCUT2D eigenvalue weighted by Gasteiger charge is 2.27. The Labute approximate surface area is 217 Å². The van der Waals surface area contributed by atoms with Crippen molar-refractivity contribution >= 4 is 28.1 Å². The van der Waals surface area contributed by atoms with Crippen LogP contribution in [0.4, 0.5) is 4.39 Å². The van der Waals surface area contributed by atoms with Crippen LogP contribution in [0.25, 0.3) is 16.6 Å². The van der Waals surface area contributed by atoms with Crippen molar-refractivity contribution in [3.05, 3.63) is 100 Å². The highest BCUT2D eigenvalue weighted by molar-refractivity contribution is 7.13. The van der Waals surface area contributed by atoms with Gasteiger partial charge >= 0.3 is 0 Å². The predicted molar refractivity (Wildman–Crippen MR) is 141 cm³/mol. The van der Waals surface area contributed by atoms with Crippen molar-refractivity contribution in [3.63, 3.8) is 0 Å². The molecular formula is C28H25FN4O3S. The SMILES string of the molecule is COc1ccccc1[C@@H](Oc1ccc2c(cnn2-c2ccc(F)cc2)c1)[C@H](C)NC(=O)c1ncc(C)s1. The Kier molecular flexibility index (Phi) is 6.87. The average Bonchev–Trinajstić information content (AvgIpc) is 3.54. The van der Waals surface area contributed by atoms with Gasteiger partial charge in [-0.1, -0.05) is 18.2 Å². The molecule has 5 rings (SSSR count). The van der Waals surface area contributed by atoms with Crippen molar-refractivity contribution in [2.45, 2.75) is 26.0 Å². The molecule has 0 saturated heterocycles. The molecule has 188 valence electrons. The number of ether oxygens (including phenoxy) is 2. The zero-order valence-electron chi connectivity index (χ0n) is 20.5. The molecule has 2 heterocycles. The molecule has 3 aromatic carbocycles. The lowest BCUT2D eigenvalue weighted by Gasteiger charge is -2.27. The summed E-state index contributed by atoms with van der Waals surface area (Å²) in [5.74, 6) is 0.701. The second-order valence-electron chi connectivity index (χ2n) is 8.57. The van der Waals surface area contributed by atoms with Crippen molar-refractivity contribution in [3.8, 4) is 17.2 Å². The summed E-state index contributed by atoms with van der Waals surface area (Å²) in [6.07, 6.45) is 2.87. The van der Waals surface area contributed by atoms with Crippen molar-refractivity contribution in [2.24, 2.45) is 0 Å². The lowest BCUT2D eigenvalue weighted by atomic mass is 10.0. The van der Waals surface area contributed by atoms with Crippen LogP contribution in [0.2, 0.25) is 0 Å². The summed E-state index contributed by atoms with van der Waals surface area (Å²) in [6.45, 7) is 3.80. The van der Waals surface area contributed by atoms with Gasteiger partial charge < -0.3 is 14.8 Å². The zero-order chi connectivity index (χ0) is 25.9. The highest BCUT2D eigenvalue weighted by atomic mass is 32.1. The fourth-order valence-electron chi connectivity index (χ4n) is 4.16. The first-order valence-electron chi connectivity index (χ1n) is 11.7. The van der Waals surface area contributed by atoms with Gasteiger partial charge in [-0.2, -0.15) is 5.10 Å². The van der Waals surface area contributed by atoms with Crippen LogP contribution in [0.15, 0.2) is 79.1 Å². The smallest absolute Gasteiger partial charge is 0.280 e. The van der Waals surface area contributed by atoms with Crippen molar-refractivity contribution in [1.82, 2.24) is 20.1 Å².